The van der Waals surface area contributed by atoms with Crippen LogP contribution in [0.4, 0.5) is 0 Å². The van der Waals surface area contributed by atoms with E-state index < -0.39 is 0 Å². The number of para-hydroxylation sites is 2. The number of piperidine rings is 1. The van der Waals surface area contributed by atoms with Crippen LogP contribution in [0.15, 0.2) is 59.8 Å². The van der Waals surface area contributed by atoms with E-state index in [0.29, 0.717) is 34.1 Å². The number of phenolic OH excluding ortho intramolecular Hbond substituents is 1. The lowest BCUT2D eigenvalue weighted by Crippen LogP contribution is -2.43. The first kappa shape index (κ1) is 20.5. The molecule has 6 nitrogen and oxygen atoms in total. The van der Waals surface area contributed by atoms with Gasteiger partial charge in [-0.2, -0.15) is 0 Å². The number of amides is 1. The van der Waals surface area contributed by atoms with Crippen molar-refractivity contribution in [3.05, 3.63) is 54.6 Å². The summed E-state index contributed by atoms with van der Waals surface area (Å²) in [5, 5.41) is 19.7. The predicted molar refractivity (Wildman–Crippen MR) is 119 cm³/mol. The molecular weight excluding hydrogens is 396 g/mol. The number of hydrogen-bond acceptors (Lipinski definition) is 5. The molecule has 1 N–H and O–H groups in total. The van der Waals surface area contributed by atoms with E-state index in [1.807, 2.05) is 51.9 Å². The Bertz CT molecular complexity index is 1010. The van der Waals surface area contributed by atoms with Gasteiger partial charge in [0.25, 0.3) is 0 Å². The lowest BCUT2D eigenvalue weighted by atomic mass is 9.92. The minimum absolute atomic E-state index is 0.130. The number of benzene rings is 2. The highest BCUT2D eigenvalue weighted by Gasteiger charge is 2.26. The minimum Gasteiger partial charge on any atom is -0.507 e. The standard InChI is InChI=1S/C23H26N4O2S/c1-16-12-17(2)14-26(13-16)21(29)15-30-23-25-24-22(19-10-6-7-11-20(19)28)27(23)18-8-4-3-5-9-18/h3-11,16-17,28H,12-15H2,1-2H3. The van der Waals surface area contributed by atoms with Crippen LogP contribution >= 0.6 is 11.8 Å². The molecule has 4 rings (SSSR count). The average Bonchev–Trinajstić information content (AvgIpc) is 3.16. The Morgan fingerprint density at radius 3 is 2.40 bits per heavy atom. The van der Waals surface area contributed by atoms with E-state index in [9.17, 15) is 9.90 Å². The fourth-order valence-electron chi connectivity index (χ4n) is 4.09. The van der Waals surface area contributed by atoms with Crippen LogP contribution in [0.1, 0.15) is 20.3 Å². The van der Waals surface area contributed by atoms with Crippen molar-refractivity contribution in [2.45, 2.75) is 25.4 Å². The Morgan fingerprint density at radius 2 is 1.70 bits per heavy atom. The van der Waals surface area contributed by atoms with Gasteiger partial charge >= 0.3 is 0 Å². The van der Waals surface area contributed by atoms with Gasteiger partial charge in [-0.3, -0.25) is 9.36 Å². The Labute approximate surface area is 180 Å². The lowest BCUT2D eigenvalue weighted by Gasteiger charge is -2.34. The fraction of sp³-hybridized carbons (Fsp3) is 0.348. The lowest BCUT2D eigenvalue weighted by molar-refractivity contribution is -0.130. The average molecular weight is 423 g/mol. The number of aromatic nitrogens is 3. The van der Waals surface area contributed by atoms with Gasteiger partial charge in [0.15, 0.2) is 11.0 Å². The van der Waals surface area contributed by atoms with Crippen molar-refractivity contribution < 1.29 is 9.90 Å². The van der Waals surface area contributed by atoms with E-state index in [0.717, 1.165) is 18.8 Å². The summed E-state index contributed by atoms with van der Waals surface area (Å²) in [7, 11) is 0. The number of aromatic hydroxyl groups is 1. The van der Waals surface area contributed by atoms with Crippen molar-refractivity contribution in [2.75, 3.05) is 18.8 Å². The van der Waals surface area contributed by atoms with E-state index in [4.69, 9.17) is 0 Å². The molecule has 1 aliphatic heterocycles. The van der Waals surface area contributed by atoms with Crippen LogP contribution in [-0.2, 0) is 4.79 Å². The monoisotopic (exact) mass is 422 g/mol. The quantitative estimate of drug-likeness (QED) is 0.623. The maximum absolute atomic E-state index is 12.8. The van der Waals surface area contributed by atoms with Crippen LogP contribution in [0.25, 0.3) is 17.1 Å². The molecule has 1 amide bonds. The van der Waals surface area contributed by atoms with Crippen molar-refractivity contribution in [2.24, 2.45) is 11.8 Å². The number of likely N-dealkylation sites (tertiary alicyclic amines) is 1. The largest absolute Gasteiger partial charge is 0.507 e. The molecule has 7 heteroatoms. The number of phenols is 1. The molecule has 0 saturated carbocycles. The topological polar surface area (TPSA) is 71.2 Å². The Hall–Kier alpha value is -2.80. The molecular formula is C23H26N4O2S. The number of rotatable bonds is 5. The van der Waals surface area contributed by atoms with E-state index in [1.54, 1.807) is 12.1 Å². The number of thioether (sulfide) groups is 1. The van der Waals surface area contributed by atoms with E-state index >= 15 is 0 Å². The van der Waals surface area contributed by atoms with Crippen LogP contribution in [0, 0.1) is 11.8 Å². The van der Waals surface area contributed by atoms with Gasteiger partial charge in [0.05, 0.1) is 11.3 Å². The van der Waals surface area contributed by atoms with Crippen molar-refractivity contribution >= 4 is 17.7 Å². The molecule has 1 aromatic heterocycles. The summed E-state index contributed by atoms with van der Waals surface area (Å²) in [6.07, 6.45) is 1.17. The molecule has 156 valence electrons. The summed E-state index contributed by atoms with van der Waals surface area (Å²) >= 11 is 1.38. The second-order valence-corrected chi connectivity index (χ2v) is 8.97. The molecule has 2 aromatic carbocycles. The van der Waals surface area contributed by atoms with Gasteiger partial charge in [0.1, 0.15) is 5.75 Å². The van der Waals surface area contributed by atoms with Gasteiger partial charge in [-0.1, -0.05) is 55.9 Å². The molecule has 2 atom stereocenters. The van der Waals surface area contributed by atoms with Crippen LogP contribution in [0.2, 0.25) is 0 Å². The van der Waals surface area contributed by atoms with Crippen molar-refractivity contribution in [3.8, 4) is 22.8 Å². The summed E-state index contributed by atoms with van der Waals surface area (Å²) < 4.78 is 1.90. The number of carbonyl (C=O) groups excluding carboxylic acids is 1. The Kier molecular flexibility index (Phi) is 6.08. The molecule has 2 unspecified atom stereocenters. The van der Waals surface area contributed by atoms with E-state index in [1.165, 1.54) is 18.2 Å². The summed E-state index contributed by atoms with van der Waals surface area (Å²) in [6.45, 7) is 6.04. The van der Waals surface area contributed by atoms with Crippen molar-refractivity contribution in [1.29, 1.82) is 0 Å². The highest BCUT2D eigenvalue weighted by Crippen LogP contribution is 2.33. The number of carbonyl (C=O) groups is 1. The molecule has 2 heterocycles. The summed E-state index contributed by atoms with van der Waals surface area (Å²) in [5.41, 5.74) is 1.49. The van der Waals surface area contributed by atoms with Gasteiger partial charge in [-0.05, 0) is 42.5 Å². The SMILES string of the molecule is CC1CC(C)CN(C(=O)CSc2nnc(-c3ccccc3O)n2-c2ccccc2)C1. The molecule has 1 saturated heterocycles. The molecule has 0 bridgehead atoms. The van der Waals surface area contributed by atoms with Gasteiger partial charge in [-0.25, -0.2) is 0 Å². The zero-order valence-corrected chi connectivity index (χ0v) is 18.0. The van der Waals surface area contributed by atoms with Crippen molar-refractivity contribution in [1.82, 2.24) is 19.7 Å². The smallest absolute Gasteiger partial charge is 0.233 e. The molecule has 0 aliphatic carbocycles. The second kappa shape index (κ2) is 8.92. The van der Waals surface area contributed by atoms with E-state index in [-0.39, 0.29) is 11.7 Å². The molecule has 1 fully saturated rings. The van der Waals surface area contributed by atoms with Crippen LogP contribution in [0.5, 0.6) is 5.75 Å². The van der Waals surface area contributed by atoms with E-state index in [2.05, 4.69) is 24.0 Å². The van der Waals surface area contributed by atoms with Crippen LogP contribution < -0.4 is 0 Å². The Balaban J connectivity index is 1.61. The first-order valence-electron chi connectivity index (χ1n) is 10.2. The summed E-state index contributed by atoms with van der Waals surface area (Å²) in [6, 6.07) is 16.8. The van der Waals surface area contributed by atoms with Gasteiger partial charge < -0.3 is 10.0 Å². The maximum Gasteiger partial charge on any atom is 0.233 e. The number of nitrogens with zero attached hydrogens (tertiary/aromatic N) is 4. The highest BCUT2D eigenvalue weighted by molar-refractivity contribution is 7.99. The molecule has 0 spiro atoms. The third kappa shape index (κ3) is 4.36. The molecule has 30 heavy (non-hydrogen) atoms. The normalized spacial score (nSPS) is 19.1. The summed E-state index contributed by atoms with van der Waals surface area (Å²) in [5.74, 6) is 2.20. The predicted octanol–water partition coefficient (Wildman–Crippen LogP) is 4.24. The number of hydrogen-bond donors (Lipinski definition) is 1. The minimum atomic E-state index is 0.130. The molecule has 1 aliphatic rings. The fourth-order valence-corrected chi connectivity index (χ4v) is 4.95. The molecule has 0 radical (unpaired) electrons. The first-order valence-corrected chi connectivity index (χ1v) is 11.2. The third-order valence-electron chi connectivity index (χ3n) is 5.34. The van der Waals surface area contributed by atoms with Crippen LogP contribution in [0.3, 0.4) is 0 Å². The van der Waals surface area contributed by atoms with Crippen LogP contribution in [-0.4, -0.2) is 49.5 Å². The molecule has 3 aromatic rings. The second-order valence-electron chi connectivity index (χ2n) is 8.03. The zero-order valence-electron chi connectivity index (χ0n) is 17.2. The Morgan fingerprint density at radius 1 is 1.03 bits per heavy atom. The first-order chi connectivity index (χ1) is 14.5. The third-order valence-corrected chi connectivity index (χ3v) is 6.25. The summed E-state index contributed by atoms with van der Waals surface area (Å²) in [4.78, 5) is 14.8. The van der Waals surface area contributed by atoms with Gasteiger partial charge in [0.2, 0.25) is 5.91 Å². The zero-order chi connectivity index (χ0) is 21.1. The van der Waals surface area contributed by atoms with Gasteiger partial charge in [0, 0.05) is 18.8 Å². The van der Waals surface area contributed by atoms with Gasteiger partial charge in [-0.15, -0.1) is 10.2 Å². The highest BCUT2D eigenvalue weighted by atomic mass is 32.2. The maximum atomic E-state index is 12.8. The van der Waals surface area contributed by atoms with Crippen molar-refractivity contribution in [3.63, 3.8) is 0 Å².